The molecular weight excluding hydrogens is 252 g/mol. The van der Waals surface area contributed by atoms with Crippen LogP contribution in [0.4, 0.5) is 5.69 Å². The summed E-state index contributed by atoms with van der Waals surface area (Å²) in [7, 11) is 0. The monoisotopic (exact) mass is 276 g/mol. The van der Waals surface area contributed by atoms with Crippen LogP contribution in [0, 0.1) is 12.8 Å². The third kappa shape index (κ3) is 3.28. The average Bonchev–Trinajstić information content (AvgIpc) is 2.47. The van der Waals surface area contributed by atoms with E-state index in [9.17, 15) is 4.79 Å². The van der Waals surface area contributed by atoms with E-state index in [1.807, 2.05) is 11.8 Å². The van der Waals surface area contributed by atoms with E-state index in [4.69, 9.17) is 5.84 Å². The van der Waals surface area contributed by atoms with Gasteiger partial charge in [-0.15, -0.1) is 0 Å². The van der Waals surface area contributed by atoms with Gasteiger partial charge in [0.15, 0.2) is 0 Å². The van der Waals surface area contributed by atoms with Crippen molar-refractivity contribution in [2.45, 2.75) is 39.5 Å². The molecule has 0 atom stereocenters. The number of nitrogens with two attached hydrogens (primary N) is 1. The van der Waals surface area contributed by atoms with Crippen LogP contribution in [0.15, 0.2) is 12.3 Å². The van der Waals surface area contributed by atoms with E-state index in [0.717, 1.165) is 37.5 Å². The highest BCUT2D eigenvalue weighted by atomic mass is 16.2. The number of likely N-dealkylation sites (tertiary alicyclic amines) is 1. The van der Waals surface area contributed by atoms with Crippen LogP contribution in [0.5, 0.6) is 0 Å². The summed E-state index contributed by atoms with van der Waals surface area (Å²) in [5.74, 6) is 6.30. The van der Waals surface area contributed by atoms with Gasteiger partial charge in [0.1, 0.15) is 0 Å². The molecule has 0 aromatic carbocycles. The summed E-state index contributed by atoms with van der Waals surface area (Å²) < 4.78 is 0. The Hall–Kier alpha value is -1.62. The van der Waals surface area contributed by atoms with Crippen LogP contribution in [0.2, 0.25) is 0 Å². The number of hydrazine groups is 1. The molecule has 1 aliphatic rings. The first-order valence-electron chi connectivity index (χ1n) is 7.38. The van der Waals surface area contributed by atoms with Crippen LogP contribution >= 0.6 is 0 Å². The number of nitrogens with one attached hydrogen (secondary N) is 1. The van der Waals surface area contributed by atoms with Crippen molar-refractivity contribution in [3.8, 4) is 0 Å². The summed E-state index contributed by atoms with van der Waals surface area (Å²) in [5, 5.41) is 0. The van der Waals surface area contributed by atoms with Crippen LogP contribution in [0.3, 0.4) is 0 Å². The zero-order valence-corrected chi connectivity index (χ0v) is 12.4. The molecule has 0 saturated carbocycles. The summed E-state index contributed by atoms with van der Waals surface area (Å²) in [5.41, 5.74) is 4.65. The van der Waals surface area contributed by atoms with Crippen LogP contribution < -0.4 is 11.3 Å². The quantitative estimate of drug-likeness (QED) is 0.654. The van der Waals surface area contributed by atoms with E-state index in [-0.39, 0.29) is 5.91 Å². The van der Waals surface area contributed by atoms with Gasteiger partial charge in [0.2, 0.25) is 0 Å². The summed E-state index contributed by atoms with van der Waals surface area (Å²) in [6, 6.07) is 1.80. The van der Waals surface area contributed by atoms with Gasteiger partial charge in [0, 0.05) is 25.0 Å². The number of piperidine rings is 1. The number of nitrogen functional groups attached to an aromatic ring is 1. The molecule has 3 N–H and O–H groups in total. The molecule has 1 saturated heterocycles. The minimum atomic E-state index is 0.0281. The maximum Gasteiger partial charge on any atom is 0.257 e. The lowest BCUT2D eigenvalue weighted by Crippen LogP contribution is -2.39. The summed E-state index contributed by atoms with van der Waals surface area (Å²) in [6.07, 6.45) is 6.31. The van der Waals surface area contributed by atoms with Crippen molar-refractivity contribution in [3.63, 3.8) is 0 Å². The second-order valence-electron chi connectivity index (χ2n) is 5.54. The van der Waals surface area contributed by atoms with Crippen molar-refractivity contribution >= 4 is 11.6 Å². The maximum atomic E-state index is 12.5. The van der Waals surface area contributed by atoms with Crippen molar-refractivity contribution in [1.82, 2.24) is 9.88 Å². The second kappa shape index (κ2) is 6.70. The minimum absolute atomic E-state index is 0.0281. The highest BCUT2D eigenvalue weighted by Gasteiger charge is 2.24. The fourth-order valence-corrected chi connectivity index (χ4v) is 2.85. The average molecular weight is 276 g/mol. The van der Waals surface area contributed by atoms with Crippen molar-refractivity contribution in [2.75, 3.05) is 18.5 Å². The molecule has 5 heteroatoms. The number of pyridine rings is 1. The molecule has 5 nitrogen and oxygen atoms in total. The van der Waals surface area contributed by atoms with Crippen LogP contribution in [0.25, 0.3) is 0 Å². The van der Waals surface area contributed by atoms with Gasteiger partial charge in [-0.05, 0) is 31.7 Å². The molecule has 1 aliphatic heterocycles. The Balaban J connectivity index is 2.05. The first-order valence-corrected chi connectivity index (χ1v) is 7.38. The zero-order chi connectivity index (χ0) is 14.5. The molecule has 2 heterocycles. The standard InChI is InChI=1S/C15H24N4O/c1-3-4-12-5-7-19(8-6-12)15(20)13-10-17-11(2)9-14(13)18-16/h9-10,12H,3-8,16H2,1-2H3,(H,17,18). The smallest absolute Gasteiger partial charge is 0.257 e. The van der Waals surface area contributed by atoms with E-state index < -0.39 is 0 Å². The molecule has 1 fully saturated rings. The van der Waals surface area contributed by atoms with Crippen molar-refractivity contribution in [1.29, 1.82) is 0 Å². The Morgan fingerprint density at radius 1 is 1.50 bits per heavy atom. The SMILES string of the molecule is CCCC1CCN(C(=O)c2cnc(C)cc2NN)CC1. The van der Waals surface area contributed by atoms with E-state index in [0.29, 0.717) is 11.3 Å². The van der Waals surface area contributed by atoms with E-state index in [1.165, 1.54) is 12.8 Å². The van der Waals surface area contributed by atoms with E-state index >= 15 is 0 Å². The van der Waals surface area contributed by atoms with Gasteiger partial charge < -0.3 is 10.3 Å². The van der Waals surface area contributed by atoms with Gasteiger partial charge in [-0.3, -0.25) is 15.6 Å². The third-order valence-corrected chi connectivity index (χ3v) is 4.03. The van der Waals surface area contributed by atoms with Gasteiger partial charge in [0.25, 0.3) is 5.91 Å². The highest BCUT2D eigenvalue weighted by Crippen LogP contribution is 2.24. The first kappa shape index (κ1) is 14.8. The zero-order valence-electron chi connectivity index (χ0n) is 12.4. The number of rotatable bonds is 4. The normalized spacial score (nSPS) is 16.2. The lowest BCUT2D eigenvalue weighted by atomic mass is 9.92. The number of anilines is 1. The predicted molar refractivity (Wildman–Crippen MR) is 80.3 cm³/mol. The minimum Gasteiger partial charge on any atom is -0.339 e. The maximum absolute atomic E-state index is 12.5. The van der Waals surface area contributed by atoms with Crippen LogP contribution in [-0.2, 0) is 0 Å². The molecule has 1 amide bonds. The molecule has 2 rings (SSSR count). The van der Waals surface area contributed by atoms with Crippen LogP contribution in [0.1, 0.15) is 48.7 Å². The summed E-state index contributed by atoms with van der Waals surface area (Å²) in [6.45, 7) is 5.77. The van der Waals surface area contributed by atoms with Gasteiger partial charge in [0.05, 0.1) is 11.3 Å². The van der Waals surface area contributed by atoms with E-state index in [2.05, 4.69) is 17.3 Å². The number of carbonyl (C=O) groups is 1. The Labute approximate surface area is 120 Å². The summed E-state index contributed by atoms with van der Waals surface area (Å²) in [4.78, 5) is 18.7. The molecule has 20 heavy (non-hydrogen) atoms. The Bertz CT molecular complexity index is 467. The lowest BCUT2D eigenvalue weighted by molar-refractivity contribution is 0.0687. The molecule has 0 radical (unpaired) electrons. The number of aromatic nitrogens is 1. The molecule has 1 aromatic heterocycles. The highest BCUT2D eigenvalue weighted by molar-refractivity contribution is 5.99. The van der Waals surface area contributed by atoms with Gasteiger partial charge in [-0.2, -0.15) is 0 Å². The Morgan fingerprint density at radius 3 is 2.80 bits per heavy atom. The topological polar surface area (TPSA) is 71.2 Å². The number of hydrogen-bond donors (Lipinski definition) is 2. The molecule has 0 unspecified atom stereocenters. The molecule has 0 bridgehead atoms. The number of hydrogen-bond acceptors (Lipinski definition) is 4. The predicted octanol–water partition coefficient (Wildman–Crippen LogP) is 2.33. The van der Waals surface area contributed by atoms with E-state index in [1.54, 1.807) is 12.3 Å². The number of amides is 1. The molecule has 110 valence electrons. The summed E-state index contributed by atoms with van der Waals surface area (Å²) >= 11 is 0. The Morgan fingerprint density at radius 2 is 2.20 bits per heavy atom. The number of nitrogens with zero attached hydrogens (tertiary/aromatic N) is 2. The third-order valence-electron chi connectivity index (χ3n) is 4.03. The second-order valence-corrected chi connectivity index (χ2v) is 5.54. The lowest BCUT2D eigenvalue weighted by Gasteiger charge is -2.32. The van der Waals surface area contributed by atoms with Gasteiger partial charge in [-0.1, -0.05) is 19.8 Å². The first-order chi connectivity index (χ1) is 9.65. The fraction of sp³-hybridized carbons (Fsp3) is 0.600. The van der Waals surface area contributed by atoms with Crippen molar-refractivity contribution in [3.05, 3.63) is 23.5 Å². The number of carbonyl (C=O) groups excluding carboxylic acids is 1. The van der Waals surface area contributed by atoms with Crippen molar-refractivity contribution < 1.29 is 4.79 Å². The largest absolute Gasteiger partial charge is 0.339 e. The molecule has 0 aliphatic carbocycles. The van der Waals surface area contributed by atoms with Crippen molar-refractivity contribution in [2.24, 2.45) is 11.8 Å². The number of aryl methyl sites for hydroxylation is 1. The fourth-order valence-electron chi connectivity index (χ4n) is 2.85. The van der Waals surface area contributed by atoms with Crippen LogP contribution in [-0.4, -0.2) is 28.9 Å². The molecular formula is C15H24N4O. The molecule has 1 aromatic rings. The molecule has 0 spiro atoms. The van der Waals surface area contributed by atoms with Gasteiger partial charge >= 0.3 is 0 Å². The Kier molecular flexibility index (Phi) is 4.95. The van der Waals surface area contributed by atoms with Gasteiger partial charge in [-0.25, -0.2) is 0 Å².